The van der Waals surface area contributed by atoms with Crippen molar-refractivity contribution in [2.24, 2.45) is 10.7 Å². The van der Waals surface area contributed by atoms with E-state index in [0.717, 1.165) is 0 Å². The second-order valence-corrected chi connectivity index (χ2v) is 9.63. The Kier molecular flexibility index (Phi) is 5.93. The minimum absolute atomic E-state index is 0.00347. The van der Waals surface area contributed by atoms with Crippen LogP contribution in [-0.2, 0) is 20.4 Å². The fourth-order valence-corrected chi connectivity index (χ4v) is 5.49. The maximum absolute atomic E-state index is 13.5. The summed E-state index contributed by atoms with van der Waals surface area (Å²) in [7, 11) is -0.937. The van der Waals surface area contributed by atoms with Gasteiger partial charge in [-0.2, -0.15) is 17.5 Å². The summed E-state index contributed by atoms with van der Waals surface area (Å²) in [6, 6.07) is 4.24. The number of nitrogens with zero attached hydrogens (tertiary/aromatic N) is 2. The van der Waals surface area contributed by atoms with E-state index in [2.05, 4.69) is 15.6 Å². The van der Waals surface area contributed by atoms with Crippen LogP contribution in [0.25, 0.3) is 0 Å². The van der Waals surface area contributed by atoms with Gasteiger partial charge in [-0.15, -0.1) is 0 Å². The van der Waals surface area contributed by atoms with Crippen molar-refractivity contribution in [3.63, 3.8) is 0 Å². The van der Waals surface area contributed by atoms with E-state index in [4.69, 9.17) is 15.2 Å². The highest BCUT2D eigenvalue weighted by Gasteiger charge is 2.45. The number of alkyl halides is 3. The van der Waals surface area contributed by atoms with Crippen LogP contribution in [0.15, 0.2) is 51.0 Å². The number of ether oxygens (including phenoxy) is 2. The van der Waals surface area contributed by atoms with Gasteiger partial charge >= 0.3 is 6.18 Å². The van der Waals surface area contributed by atoms with Crippen LogP contribution in [0.3, 0.4) is 0 Å². The predicted molar refractivity (Wildman–Crippen MR) is 114 cm³/mol. The summed E-state index contributed by atoms with van der Waals surface area (Å²) in [5, 5.41) is 5.63. The van der Waals surface area contributed by atoms with E-state index in [9.17, 15) is 21.6 Å². The average Bonchev–Trinajstić information content (AvgIpc) is 3.22. The molecule has 0 saturated carbocycles. The molecule has 0 bridgehead atoms. The molecule has 1 saturated heterocycles. The molecule has 0 spiro atoms. The highest BCUT2D eigenvalue weighted by molar-refractivity contribution is 7.89. The molecule has 180 valence electrons. The molecule has 1 aromatic rings. The van der Waals surface area contributed by atoms with Crippen LogP contribution in [0, 0.1) is 0 Å². The standard InChI is InChI=1S/C20H24F3N5O4S/c1-25-15-10-19(24,27-18-17(15)14(11-26-18)20(21,22)23)13-4-3-12(9-16(13)31-2)33(29,30)28-5-7-32-8-6-28/h3-4,9-10,25H,5-8,11,24H2,1-2H3,(H,26,27). The first-order valence-corrected chi connectivity index (χ1v) is 11.5. The molecule has 33 heavy (non-hydrogen) atoms. The Hall–Kier alpha value is -2.61. The van der Waals surface area contributed by atoms with Gasteiger partial charge in [-0.1, -0.05) is 0 Å². The third kappa shape index (κ3) is 4.09. The number of hydrogen-bond donors (Lipinski definition) is 3. The number of benzene rings is 1. The van der Waals surface area contributed by atoms with Crippen LogP contribution < -0.4 is 21.1 Å². The minimum Gasteiger partial charge on any atom is -0.496 e. The molecule has 13 heteroatoms. The summed E-state index contributed by atoms with van der Waals surface area (Å²) >= 11 is 0. The number of nitrogens with one attached hydrogen (secondary N) is 2. The molecule has 0 aliphatic carbocycles. The Balaban J connectivity index is 1.76. The maximum Gasteiger partial charge on any atom is 0.415 e. The molecule has 3 aliphatic heterocycles. The number of likely N-dealkylation sites (N-methyl/N-ethyl adjacent to an activating group) is 1. The van der Waals surface area contributed by atoms with Gasteiger partial charge in [-0.25, -0.2) is 8.42 Å². The van der Waals surface area contributed by atoms with Crippen LogP contribution in [-0.4, -0.2) is 71.7 Å². The van der Waals surface area contributed by atoms with E-state index < -0.39 is 34.0 Å². The third-order valence-electron chi connectivity index (χ3n) is 5.74. The maximum atomic E-state index is 13.5. The zero-order valence-corrected chi connectivity index (χ0v) is 18.8. The number of morpholine rings is 1. The van der Waals surface area contributed by atoms with Crippen LogP contribution in [0.4, 0.5) is 13.2 Å². The van der Waals surface area contributed by atoms with Crippen LogP contribution >= 0.6 is 0 Å². The quantitative estimate of drug-likeness (QED) is 0.563. The highest BCUT2D eigenvalue weighted by Crippen LogP contribution is 2.40. The lowest BCUT2D eigenvalue weighted by Gasteiger charge is -2.36. The number of fused-ring (bicyclic) bond motifs is 1. The highest BCUT2D eigenvalue weighted by atomic mass is 32.2. The number of rotatable bonds is 5. The molecule has 4 rings (SSSR count). The molecular weight excluding hydrogens is 463 g/mol. The summed E-state index contributed by atoms with van der Waals surface area (Å²) in [4.78, 5) is 4.01. The van der Waals surface area contributed by atoms with Gasteiger partial charge in [0.05, 0.1) is 37.3 Å². The van der Waals surface area contributed by atoms with Gasteiger partial charge < -0.3 is 25.8 Å². The molecule has 1 atom stereocenters. The number of methoxy groups -OCH3 is 1. The molecule has 3 aliphatic rings. The molecule has 0 amide bonds. The fraction of sp³-hybridized carbons (Fsp3) is 0.450. The SMILES string of the molecule is CNC1=CC(N)(c2ccc(S(=O)(=O)N3CCOCC3)cc2OC)NC2=NCC(C(F)(F)F)=C12. The summed E-state index contributed by atoms with van der Waals surface area (Å²) in [6.45, 7) is 0.558. The average molecular weight is 488 g/mol. The van der Waals surface area contributed by atoms with E-state index in [1.165, 1.54) is 42.7 Å². The van der Waals surface area contributed by atoms with Crippen molar-refractivity contribution in [3.05, 3.63) is 46.7 Å². The molecule has 1 fully saturated rings. The Bertz CT molecular complexity index is 1160. The summed E-state index contributed by atoms with van der Waals surface area (Å²) in [6.07, 6.45) is -3.13. The number of halogens is 3. The van der Waals surface area contributed by atoms with Crippen LogP contribution in [0.1, 0.15) is 5.56 Å². The fourth-order valence-electron chi connectivity index (χ4n) is 4.07. The number of aliphatic imine (C=N–C) groups is 1. The summed E-state index contributed by atoms with van der Waals surface area (Å²) < 4.78 is 78.4. The van der Waals surface area contributed by atoms with Crippen molar-refractivity contribution < 1.29 is 31.1 Å². The number of hydrogen-bond acceptors (Lipinski definition) is 8. The largest absolute Gasteiger partial charge is 0.496 e. The van der Waals surface area contributed by atoms with Crippen LogP contribution in [0.5, 0.6) is 5.75 Å². The molecule has 1 unspecified atom stereocenters. The Labute approximate surface area is 189 Å². The van der Waals surface area contributed by atoms with Crippen molar-refractivity contribution in [2.75, 3.05) is 47.0 Å². The normalized spacial score (nSPS) is 24.1. The molecule has 4 N–H and O–H groups in total. The van der Waals surface area contributed by atoms with Crippen molar-refractivity contribution in [2.45, 2.75) is 16.7 Å². The van der Waals surface area contributed by atoms with E-state index in [-0.39, 0.29) is 40.8 Å². The zero-order valence-electron chi connectivity index (χ0n) is 18.0. The van der Waals surface area contributed by atoms with Gasteiger partial charge in [0.1, 0.15) is 17.2 Å². The van der Waals surface area contributed by atoms with Gasteiger partial charge in [0.25, 0.3) is 0 Å². The number of nitrogens with two attached hydrogens (primary N) is 1. The minimum atomic E-state index is -4.54. The number of sulfonamides is 1. The van der Waals surface area contributed by atoms with Gasteiger partial charge in [-0.05, 0) is 18.2 Å². The first-order valence-electron chi connectivity index (χ1n) is 10.1. The zero-order chi connectivity index (χ0) is 24.0. The topological polar surface area (TPSA) is 118 Å². The van der Waals surface area contributed by atoms with E-state index >= 15 is 0 Å². The summed E-state index contributed by atoms with van der Waals surface area (Å²) in [5.41, 5.74) is 4.70. The number of amidine groups is 1. The van der Waals surface area contributed by atoms with Crippen molar-refractivity contribution in [1.29, 1.82) is 0 Å². The second-order valence-electron chi connectivity index (χ2n) is 7.70. The van der Waals surface area contributed by atoms with Crippen molar-refractivity contribution in [1.82, 2.24) is 14.9 Å². The molecule has 9 nitrogen and oxygen atoms in total. The first kappa shape index (κ1) is 23.5. The van der Waals surface area contributed by atoms with E-state index in [0.29, 0.717) is 18.8 Å². The van der Waals surface area contributed by atoms with Gasteiger partial charge in [0, 0.05) is 43.0 Å². The first-order chi connectivity index (χ1) is 15.5. The monoisotopic (exact) mass is 487 g/mol. The third-order valence-corrected chi connectivity index (χ3v) is 7.63. The molecule has 0 radical (unpaired) electrons. The lowest BCUT2D eigenvalue weighted by atomic mass is 9.90. The lowest BCUT2D eigenvalue weighted by molar-refractivity contribution is -0.0922. The lowest BCUT2D eigenvalue weighted by Crippen LogP contribution is -2.55. The van der Waals surface area contributed by atoms with E-state index in [1.54, 1.807) is 0 Å². The second kappa shape index (κ2) is 8.31. The Morgan fingerprint density at radius 3 is 2.61 bits per heavy atom. The smallest absolute Gasteiger partial charge is 0.415 e. The van der Waals surface area contributed by atoms with Crippen LogP contribution in [0.2, 0.25) is 0 Å². The Morgan fingerprint density at radius 1 is 1.30 bits per heavy atom. The molecule has 3 heterocycles. The Morgan fingerprint density at radius 2 is 2.00 bits per heavy atom. The van der Waals surface area contributed by atoms with Crippen molar-refractivity contribution >= 4 is 15.9 Å². The van der Waals surface area contributed by atoms with Gasteiger partial charge in [0.15, 0.2) is 0 Å². The van der Waals surface area contributed by atoms with E-state index in [1.807, 2.05) is 0 Å². The predicted octanol–water partition coefficient (Wildman–Crippen LogP) is 0.805. The molecule has 0 aromatic heterocycles. The van der Waals surface area contributed by atoms with Gasteiger partial charge in [-0.3, -0.25) is 4.99 Å². The van der Waals surface area contributed by atoms with Crippen molar-refractivity contribution in [3.8, 4) is 5.75 Å². The summed E-state index contributed by atoms with van der Waals surface area (Å²) in [5.74, 6) is 0.164. The molecule has 1 aromatic carbocycles. The molecular formula is C20H24F3N5O4S. The van der Waals surface area contributed by atoms with Gasteiger partial charge in [0.2, 0.25) is 10.0 Å².